The van der Waals surface area contributed by atoms with Crippen LogP contribution in [-0.4, -0.2) is 0 Å². The summed E-state index contributed by atoms with van der Waals surface area (Å²) in [6.45, 7) is 2.71. The summed E-state index contributed by atoms with van der Waals surface area (Å²) < 4.78 is 5.21. The molecule has 1 unspecified atom stereocenters. The predicted molar refractivity (Wildman–Crippen MR) is 65.1 cm³/mol. The highest BCUT2D eigenvalue weighted by atomic mass is 16.3. The van der Waals surface area contributed by atoms with Gasteiger partial charge in [0.15, 0.2) is 6.04 Å². The van der Waals surface area contributed by atoms with Gasteiger partial charge in [0.05, 0.1) is 12.3 Å². The molecule has 17 heavy (non-hydrogen) atoms. The van der Waals surface area contributed by atoms with Gasteiger partial charge < -0.3 is 4.42 Å². The van der Waals surface area contributed by atoms with Crippen molar-refractivity contribution in [1.82, 2.24) is 5.32 Å². The van der Waals surface area contributed by atoms with Gasteiger partial charge in [0.1, 0.15) is 5.76 Å². The van der Waals surface area contributed by atoms with E-state index in [-0.39, 0.29) is 0 Å². The Hall–Kier alpha value is -2.05. The zero-order valence-corrected chi connectivity index (χ0v) is 9.68. The van der Waals surface area contributed by atoms with Crippen molar-refractivity contribution in [2.24, 2.45) is 0 Å². The summed E-state index contributed by atoms with van der Waals surface area (Å²) in [5.74, 6) is 0.652. The second-order valence-corrected chi connectivity index (χ2v) is 3.94. The second-order valence-electron chi connectivity index (χ2n) is 3.94. The number of hydrogen-bond acceptors (Lipinski definition) is 3. The van der Waals surface area contributed by atoms with Gasteiger partial charge >= 0.3 is 0 Å². The first kappa shape index (κ1) is 11.4. The number of hydrogen-bond donors (Lipinski definition) is 1. The van der Waals surface area contributed by atoms with Gasteiger partial charge in [-0.25, -0.2) is 0 Å². The minimum Gasteiger partial charge on any atom is -0.467 e. The van der Waals surface area contributed by atoms with E-state index in [4.69, 9.17) is 9.68 Å². The molecular weight excluding hydrogens is 212 g/mol. The van der Waals surface area contributed by atoms with Gasteiger partial charge in [0.25, 0.3) is 0 Å². The summed E-state index contributed by atoms with van der Waals surface area (Å²) in [6.07, 6.45) is 1.58. The van der Waals surface area contributed by atoms with Crippen molar-refractivity contribution in [3.63, 3.8) is 0 Å². The van der Waals surface area contributed by atoms with Gasteiger partial charge in [-0.15, -0.1) is 0 Å². The van der Waals surface area contributed by atoms with E-state index in [0.29, 0.717) is 12.3 Å². The van der Waals surface area contributed by atoms with Crippen LogP contribution in [0.25, 0.3) is 0 Å². The van der Waals surface area contributed by atoms with Crippen molar-refractivity contribution in [2.75, 3.05) is 0 Å². The number of nitriles is 1. The molecule has 0 aliphatic carbocycles. The summed E-state index contributed by atoms with van der Waals surface area (Å²) in [6, 6.07) is 13.6. The Morgan fingerprint density at radius 1 is 1.29 bits per heavy atom. The molecule has 3 heteroatoms. The fourth-order valence-corrected chi connectivity index (χ4v) is 1.59. The first-order valence-corrected chi connectivity index (χ1v) is 5.51. The first-order valence-electron chi connectivity index (χ1n) is 5.51. The van der Waals surface area contributed by atoms with Gasteiger partial charge in [-0.05, 0) is 24.6 Å². The SMILES string of the molecule is Cc1ccc(CNC(C#N)c2ccco2)cc1. The molecule has 0 saturated heterocycles. The molecule has 86 valence electrons. The third-order valence-corrected chi connectivity index (χ3v) is 2.59. The Labute approximate surface area is 101 Å². The van der Waals surface area contributed by atoms with Gasteiger partial charge in [-0.1, -0.05) is 29.8 Å². The molecule has 1 N–H and O–H groups in total. The highest BCUT2D eigenvalue weighted by Crippen LogP contribution is 2.13. The molecule has 0 bridgehead atoms. The van der Waals surface area contributed by atoms with E-state index in [2.05, 4.69) is 42.6 Å². The highest BCUT2D eigenvalue weighted by molar-refractivity contribution is 5.22. The van der Waals surface area contributed by atoms with Crippen LogP contribution < -0.4 is 5.32 Å². The monoisotopic (exact) mass is 226 g/mol. The number of rotatable bonds is 4. The molecule has 0 spiro atoms. The number of nitrogens with zero attached hydrogens (tertiary/aromatic N) is 1. The molecule has 0 radical (unpaired) electrons. The van der Waals surface area contributed by atoms with E-state index in [0.717, 1.165) is 5.56 Å². The zero-order valence-electron chi connectivity index (χ0n) is 9.68. The van der Waals surface area contributed by atoms with Crippen molar-refractivity contribution < 1.29 is 4.42 Å². The standard InChI is InChI=1S/C14H14N2O/c1-11-4-6-12(7-5-11)10-16-13(9-15)14-3-2-8-17-14/h2-8,13,16H,10H2,1H3. The Morgan fingerprint density at radius 2 is 2.06 bits per heavy atom. The molecule has 0 aliphatic heterocycles. The van der Waals surface area contributed by atoms with Crippen molar-refractivity contribution in [3.05, 3.63) is 59.5 Å². The van der Waals surface area contributed by atoms with Crippen molar-refractivity contribution >= 4 is 0 Å². The largest absolute Gasteiger partial charge is 0.467 e. The third-order valence-electron chi connectivity index (χ3n) is 2.59. The van der Waals surface area contributed by atoms with E-state index in [1.54, 1.807) is 18.4 Å². The third kappa shape index (κ3) is 2.96. The van der Waals surface area contributed by atoms with Gasteiger partial charge in [0.2, 0.25) is 0 Å². The summed E-state index contributed by atoms with van der Waals surface area (Å²) in [5, 5.41) is 12.2. The van der Waals surface area contributed by atoms with Crippen LogP contribution in [0.1, 0.15) is 22.9 Å². The smallest absolute Gasteiger partial charge is 0.154 e. The van der Waals surface area contributed by atoms with Crippen molar-refractivity contribution in [3.8, 4) is 6.07 Å². The molecule has 0 fully saturated rings. The van der Waals surface area contributed by atoms with E-state index in [9.17, 15) is 0 Å². The lowest BCUT2D eigenvalue weighted by atomic mass is 10.1. The summed E-state index contributed by atoms with van der Waals surface area (Å²) >= 11 is 0. The number of aryl methyl sites for hydroxylation is 1. The van der Waals surface area contributed by atoms with Crippen LogP contribution in [-0.2, 0) is 6.54 Å². The average Bonchev–Trinajstić information content (AvgIpc) is 2.86. The van der Waals surface area contributed by atoms with E-state index in [1.165, 1.54) is 5.56 Å². The molecular formula is C14H14N2O. The molecule has 0 aliphatic rings. The summed E-state index contributed by atoms with van der Waals surface area (Å²) in [7, 11) is 0. The number of benzene rings is 1. The van der Waals surface area contributed by atoms with E-state index >= 15 is 0 Å². The Balaban J connectivity index is 1.97. The maximum atomic E-state index is 9.05. The van der Waals surface area contributed by atoms with Crippen LogP contribution in [0.4, 0.5) is 0 Å². The summed E-state index contributed by atoms with van der Waals surface area (Å²) in [5.41, 5.74) is 2.39. The molecule has 0 amide bonds. The quantitative estimate of drug-likeness (QED) is 0.872. The molecule has 1 heterocycles. The van der Waals surface area contributed by atoms with Gasteiger partial charge in [-0.3, -0.25) is 5.32 Å². The molecule has 3 nitrogen and oxygen atoms in total. The Morgan fingerprint density at radius 3 is 2.65 bits per heavy atom. The van der Waals surface area contributed by atoms with Crippen molar-refractivity contribution in [1.29, 1.82) is 5.26 Å². The number of nitrogens with one attached hydrogen (secondary N) is 1. The van der Waals surface area contributed by atoms with Crippen LogP contribution in [0.15, 0.2) is 47.1 Å². The molecule has 1 aromatic heterocycles. The molecule has 2 rings (SSSR count). The Kier molecular flexibility index (Phi) is 3.59. The van der Waals surface area contributed by atoms with Crippen LogP contribution >= 0.6 is 0 Å². The maximum absolute atomic E-state index is 9.05. The lowest BCUT2D eigenvalue weighted by Crippen LogP contribution is -2.18. The lowest BCUT2D eigenvalue weighted by molar-refractivity contribution is 0.457. The highest BCUT2D eigenvalue weighted by Gasteiger charge is 2.11. The molecule has 0 saturated carbocycles. The molecule has 1 aromatic carbocycles. The maximum Gasteiger partial charge on any atom is 0.154 e. The van der Waals surface area contributed by atoms with Crippen LogP contribution in [0.5, 0.6) is 0 Å². The summed E-state index contributed by atoms with van der Waals surface area (Å²) in [4.78, 5) is 0. The fourth-order valence-electron chi connectivity index (χ4n) is 1.59. The minimum atomic E-state index is -0.397. The molecule has 1 atom stereocenters. The molecule has 2 aromatic rings. The topological polar surface area (TPSA) is 49.0 Å². The van der Waals surface area contributed by atoms with Crippen molar-refractivity contribution in [2.45, 2.75) is 19.5 Å². The van der Waals surface area contributed by atoms with Crippen LogP contribution in [0, 0.1) is 18.3 Å². The van der Waals surface area contributed by atoms with E-state index in [1.807, 2.05) is 0 Å². The van der Waals surface area contributed by atoms with Crippen LogP contribution in [0.2, 0.25) is 0 Å². The predicted octanol–water partition coefficient (Wildman–Crippen LogP) is 2.94. The number of furan rings is 1. The normalized spacial score (nSPS) is 12.0. The lowest BCUT2D eigenvalue weighted by Gasteiger charge is -2.09. The fraction of sp³-hybridized carbons (Fsp3) is 0.214. The van der Waals surface area contributed by atoms with E-state index < -0.39 is 6.04 Å². The van der Waals surface area contributed by atoms with Gasteiger partial charge in [-0.2, -0.15) is 5.26 Å². The second kappa shape index (κ2) is 5.33. The Bertz CT molecular complexity index is 494. The average molecular weight is 226 g/mol. The van der Waals surface area contributed by atoms with Crippen LogP contribution in [0.3, 0.4) is 0 Å². The zero-order chi connectivity index (χ0) is 12.1. The first-order chi connectivity index (χ1) is 8.29. The minimum absolute atomic E-state index is 0.397. The van der Waals surface area contributed by atoms with Gasteiger partial charge in [0, 0.05) is 6.54 Å².